The first-order valence-corrected chi connectivity index (χ1v) is 8.27. The van der Waals surface area contributed by atoms with Crippen LogP contribution in [0.5, 0.6) is 0 Å². The molecule has 0 radical (unpaired) electrons. The molecule has 1 fully saturated rings. The van der Waals surface area contributed by atoms with Crippen LogP contribution in [0.4, 0.5) is 0 Å². The highest BCUT2D eigenvalue weighted by molar-refractivity contribution is 7.89. The van der Waals surface area contributed by atoms with Crippen molar-refractivity contribution in [3.63, 3.8) is 0 Å². The molecule has 6 nitrogen and oxygen atoms in total. The average molecular weight is 308 g/mol. The van der Waals surface area contributed by atoms with E-state index in [0.29, 0.717) is 25.3 Å². The smallest absolute Gasteiger partial charge is 0.260 e. The van der Waals surface area contributed by atoms with Crippen molar-refractivity contribution >= 4 is 21.6 Å². The Balaban J connectivity index is 2.20. The van der Waals surface area contributed by atoms with Crippen LogP contribution in [0.25, 0.3) is 0 Å². The number of rotatable bonds is 6. The third kappa shape index (κ3) is 3.10. The summed E-state index contributed by atoms with van der Waals surface area (Å²) in [6.45, 7) is 3.28. The second-order valence-electron chi connectivity index (χ2n) is 4.45. The van der Waals surface area contributed by atoms with E-state index in [1.165, 1.54) is 10.5 Å². The molecule has 1 aromatic heterocycles. The first-order chi connectivity index (χ1) is 9.09. The number of ether oxygens (including phenoxy) is 1. The largest absolute Gasteiger partial charge is 0.377 e. The highest BCUT2D eigenvalue weighted by Gasteiger charge is 2.30. The molecular weight excluding hydrogens is 290 g/mol. The molecule has 1 aromatic rings. The van der Waals surface area contributed by atoms with Crippen LogP contribution >= 0.6 is 11.6 Å². The van der Waals surface area contributed by atoms with Gasteiger partial charge < -0.3 is 4.74 Å². The van der Waals surface area contributed by atoms with Gasteiger partial charge in [0.15, 0.2) is 5.03 Å². The molecule has 0 aromatic carbocycles. The van der Waals surface area contributed by atoms with Crippen molar-refractivity contribution in [1.82, 2.24) is 14.5 Å². The minimum Gasteiger partial charge on any atom is -0.377 e. The number of aromatic nitrogens is 2. The van der Waals surface area contributed by atoms with Crippen LogP contribution in [-0.2, 0) is 20.6 Å². The molecule has 2 heterocycles. The number of halogens is 1. The third-order valence-electron chi connectivity index (χ3n) is 3.20. The molecule has 0 aliphatic carbocycles. The molecule has 8 heteroatoms. The van der Waals surface area contributed by atoms with Crippen molar-refractivity contribution in [2.75, 3.05) is 19.7 Å². The van der Waals surface area contributed by atoms with Gasteiger partial charge in [0, 0.05) is 25.3 Å². The van der Waals surface area contributed by atoms with Gasteiger partial charge in [-0.05, 0) is 12.8 Å². The summed E-state index contributed by atoms with van der Waals surface area (Å²) < 4.78 is 32.0. The first-order valence-electron chi connectivity index (χ1n) is 6.29. The SMILES string of the molecule is CCN(CC1CCCO1)S(=O)(=O)c1[nH]ncc1CCl. The Kier molecular flexibility index (Phi) is 4.83. The Morgan fingerprint density at radius 3 is 3.00 bits per heavy atom. The van der Waals surface area contributed by atoms with Crippen LogP contribution in [0.15, 0.2) is 11.2 Å². The number of H-pyrrole nitrogens is 1. The van der Waals surface area contributed by atoms with Crippen molar-refractivity contribution in [2.45, 2.75) is 36.8 Å². The van der Waals surface area contributed by atoms with Crippen molar-refractivity contribution in [2.24, 2.45) is 0 Å². The standard InChI is InChI=1S/C11H18ClN3O3S/c1-2-15(8-10-4-3-5-18-10)19(16,17)11-9(6-12)7-13-14-11/h7,10H,2-6,8H2,1H3,(H,13,14). The number of hydrogen-bond acceptors (Lipinski definition) is 4. The highest BCUT2D eigenvalue weighted by Crippen LogP contribution is 2.21. The number of sulfonamides is 1. The number of likely N-dealkylation sites (N-methyl/N-ethyl adjacent to an activating group) is 1. The summed E-state index contributed by atoms with van der Waals surface area (Å²) in [6.07, 6.45) is 3.31. The monoisotopic (exact) mass is 307 g/mol. The molecule has 1 N–H and O–H groups in total. The van der Waals surface area contributed by atoms with Gasteiger partial charge >= 0.3 is 0 Å². The minimum atomic E-state index is -3.59. The summed E-state index contributed by atoms with van der Waals surface area (Å²) >= 11 is 5.73. The molecule has 1 aliphatic heterocycles. The lowest BCUT2D eigenvalue weighted by Gasteiger charge is -2.23. The van der Waals surface area contributed by atoms with Gasteiger partial charge in [0.25, 0.3) is 10.0 Å². The Morgan fingerprint density at radius 2 is 2.42 bits per heavy atom. The van der Waals surface area contributed by atoms with Gasteiger partial charge in [0.2, 0.25) is 0 Å². The van der Waals surface area contributed by atoms with E-state index in [1.54, 1.807) is 0 Å². The normalized spacial score (nSPS) is 20.3. The zero-order valence-electron chi connectivity index (χ0n) is 10.8. The molecule has 1 saturated heterocycles. The van der Waals surface area contributed by atoms with E-state index in [2.05, 4.69) is 10.2 Å². The van der Waals surface area contributed by atoms with Gasteiger partial charge in [-0.3, -0.25) is 5.10 Å². The molecule has 1 atom stereocenters. The fourth-order valence-corrected chi connectivity index (χ4v) is 4.03. The predicted octanol–water partition coefficient (Wildman–Crippen LogP) is 1.34. The van der Waals surface area contributed by atoms with E-state index in [9.17, 15) is 8.42 Å². The second kappa shape index (κ2) is 6.21. The topological polar surface area (TPSA) is 75.3 Å². The van der Waals surface area contributed by atoms with Crippen LogP contribution < -0.4 is 0 Å². The maximum atomic E-state index is 12.5. The lowest BCUT2D eigenvalue weighted by atomic mass is 10.2. The van der Waals surface area contributed by atoms with Crippen molar-refractivity contribution in [3.05, 3.63) is 11.8 Å². The van der Waals surface area contributed by atoms with E-state index in [4.69, 9.17) is 16.3 Å². The van der Waals surface area contributed by atoms with Gasteiger partial charge in [-0.15, -0.1) is 11.6 Å². The zero-order chi connectivity index (χ0) is 13.9. The van der Waals surface area contributed by atoms with Crippen LogP contribution in [0.2, 0.25) is 0 Å². The average Bonchev–Trinajstić information content (AvgIpc) is 3.06. The van der Waals surface area contributed by atoms with Gasteiger partial charge in [-0.1, -0.05) is 6.92 Å². The molecule has 0 spiro atoms. The van der Waals surface area contributed by atoms with E-state index in [1.807, 2.05) is 6.92 Å². The summed E-state index contributed by atoms with van der Waals surface area (Å²) in [7, 11) is -3.59. The Bertz CT molecular complexity index is 511. The van der Waals surface area contributed by atoms with E-state index in [-0.39, 0.29) is 17.0 Å². The summed E-state index contributed by atoms with van der Waals surface area (Å²) in [6, 6.07) is 0. The van der Waals surface area contributed by atoms with Crippen LogP contribution in [0.3, 0.4) is 0 Å². The lowest BCUT2D eigenvalue weighted by Crippen LogP contribution is -2.37. The quantitative estimate of drug-likeness (QED) is 0.805. The van der Waals surface area contributed by atoms with Crippen LogP contribution in [-0.4, -0.2) is 48.7 Å². The Hall–Kier alpha value is -0.630. The third-order valence-corrected chi connectivity index (χ3v) is 5.45. The molecule has 0 bridgehead atoms. The predicted molar refractivity (Wildman–Crippen MR) is 71.6 cm³/mol. The van der Waals surface area contributed by atoms with Crippen LogP contribution in [0.1, 0.15) is 25.3 Å². The molecule has 108 valence electrons. The van der Waals surface area contributed by atoms with Gasteiger partial charge in [-0.25, -0.2) is 8.42 Å². The van der Waals surface area contributed by atoms with Crippen LogP contribution in [0, 0.1) is 0 Å². The van der Waals surface area contributed by atoms with Gasteiger partial charge in [0.05, 0.1) is 18.2 Å². The maximum Gasteiger partial charge on any atom is 0.260 e. The molecule has 1 aliphatic rings. The van der Waals surface area contributed by atoms with Crippen molar-refractivity contribution in [3.8, 4) is 0 Å². The number of alkyl halides is 1. The molecule has 0 saturated carbocycles. The van der Waals surface area contributed by atoms with Gasteiger partial charge in [0.1, 0.15) is 0 Å². The molecule has 1 unspecified atom stereocenters. The molecule has 2 rings (SSSR count). The summed E-state index contributed by atoms with van der Waals surface area (Å²) in [4.78, 5) is 0. The fraction of sp³-hybridized carbons (Fsp3) is 0.727. The fourth-order valence-electron chi connectivity index (χ4n) is 2.16. The Morgan fingerprint density at radius 1 is 1.63 bits per heavy atom. The molecular formula is C11H18ClN3O3S. The first kappa shape index (κ1) is 14.8. The highest BCUT2D eigenvalue weighted by atomic mass is 35.5. The maximum absolute atomic E-state index is 12.5. The minimum absolute atomic E-state index is 0.0166. The number of nitrogens with one attached hydrogen (secondary N) is 1. The number of aromatic amines is 1. The van der Waals surface area contributed by atoms with E-state index < -0.39 is 10.0 Å². The van der Waals surface area contributed by atoms with Gasteiger partial charge in [-0.2, -0.15) is 9.40 Å². The van der Waals surface area contributed by atoms with E-state index in [0.717, 1.165) is 12.8 Å². The second-order valence-corrected chi connectivity index (χ2v) is 6.59. The number of nitrogens with zero attached hydrogens (tertiary/aromatic N) is 2. The zero-order valence-corrected chi connectivity index (χ0v) is 12.4. The lowest BCUT2D eigenvalue weighted by molar-refractivity contribution is 0.0946. The molecule has 19 heavy (non-hydrogen) atoms. The summed E-state index contributed by atoms with van der Waals surface area (Å²) in [5.74, 6) is 0.114. The summed E-state index contributed by atoms with van der Waals surface area (Å²) in [5.41, 5.74) is 0.493. The number of hydrogen-bond donors (Lipinski definition) is 1. The Labute approximate surface area is 118 Å². The van der Waals surface area contributed by atoms with Crippen molar-refractivity contribution in [1.29, 1.82) is 0 Å². The molecule has 0 amide bonds. The van der Waals surface area contributed by atoms with E-state index >= 15 is 0 Å². The van der Waals surface area contributed by atoms with Crippen molar-refractivity contribution < 1.29 is 13.2 Å². The summed E-state index contributed by atoms with van der Waals surface area (Å²) in [5, 5.41) is 6.38.